The molecule has 4 heteroatoms. The van der Waals surface area contributed by atoms with Crippen molar-refractivity contribution in [3.05, 3.63) is 29.6 Å². The van der Waals surface area contributed by atoms with Crippen LogP contribution in [0, 0.1) is 5.82 Å². The summed E-state index contributed by atoms with van der Waals surface area (Å²) in [5.74, 6) is -0.0193. The number of aliphatic hydroxyl groups is 1. The van der Waals surface area contributed by atoms with E-state index >= 15 is 0 Å². The summed E-state index contributed by atoms with van der Waals surface area (Å²) in [7, 11) is 3.87. The zero-order chi connectivity index (χ0) is 12.1. The van der Waals surface area contributed by atoms with E-state index < -0.39 is 11.9 Å². The molecule has 0 amide bonds. The average molecular weight is 227 g/mol. The van der Waals surface area contributed by atoms with Crippen LogP contribution in [0.2, 0.25) is 0 Å². The van der Waals surface area contributed by atoms with Crippen LogP contribution in [0.1, 0.15) is 18.6 Å². The number of nitrogens with zero attached hydrogens (tertiary/aromatic N) is 1. The molecular formula is C12H18FNO2. The second-order valence-corrected chi connectivity index (χ2v) is 3.98. The molecule has 1 aromatic rings. The van der Waals surface area contributed by atoms with Crippen molar-refractivity contribution in [2.24, 2.45) is 0 Å². The topological polar surface area (TPSA) is 32.7 Å². The molecule has 0 aliphatic carbocycles. The molecule has 0 heterocycles. The molecule has 0 spiro atoms. The van der Waals surface area contributed by atoms with Crippen LogP contribution in [0.5, 0.6) is 5.75 Å². The van der Waals surface area contributed by atoms with Gasteiger partial charge in [-0.05, 0) is 33.2 Å². The van der Waals surface area contributed by atoms with Gasteiger partial charge in [0, 0.05) is 6.54 Å². The van der Waals surface area contributed by atoms with Gasteiger partial charge in [-0.25, -0.2) is 4.39 Å². The first-order valence-corrected chi connectivity index (χ1v) is 5.26. The predicted molar refractivity (Wildman–Crippen MR) is 61.1 cm³/mol. The van der Waals surface area contributed by atoms with Crippen molar-refractivity contribution in [1.82, 2.24) is 4.90 Å². The molecule has 0 radical (unpaired) electrons. The second kappa shape index (κ2) is 5.82. The Kier molecular flexibility index (Phi) is 4.71. The third-order valence-corrected chi connectivity index (χ3v) is 2.23. The molecule has 0 bridgehead atoms. The smallest absolute Gasteiger partial charge is 0.132 e. The van der Waals surface area contributed by atoms with Crippen molar-refractivity contribution in [2.45, 2.75) is 13.0 Å². The van der Waals surface area contributed by atoms with Crippen LogP contribution in [-0.2, 0) is 0 Å². The van der Waals surface area contributed by atoms with Crippen LogP contribution in [0.4, 0.5) is 4.39 Å². The van der Waals surface area contributed by atoms with Crippen molar-refractivity contribution in [3.8, 4) is 5.75 Å². The van der Waals surface area contributed by atoms with Gasteiger partial charge in [-0.15, -0.1) is 0 Å². The Morgan fingerprint density at radius 1 is 1.44 bits per heavy atom. The first-order valence-electron chi connectivity index (χ1n) is 5.26. The quantitative estimate of drug-likeness (QED) is 0.832. The highest BCUT2D eigenvalue weighted by Crippen LogP contribution is 2.27. The van der Waals surface area contributed by atoms with Gasteiger partial charge in [0.05, 0.1) is 11.7 Å². The summed E-state index contributed by atoms with van der Waals surface area (Å²) in [6.45, 7) is 2.74. The fourth-order valence-electron chi connectivity index (χ4n) is 1.39. The van der Waals surface area contributed by atoms with E-state index in [4.69, 9.17) is 4.74 Å². The zero-order valence-corrected chi connectivity index (χ0v) is 9.90. The standard InChI is InChI=1S/C12H18FNO2/c1-9(15)12-10(13)5-4-6-11(12)16-8-7-14(2)3/h4-6,9,15H,7-8H2,1-3H3. The van der Waals surface area contributed by atoms with Gasteiger partial charge in [0.2, 0.25) is 0 Å². The van der Waals surface area contributed by atoms with Gasteiger partial charge >= 0.3 is 0 Å². The Hall–Kier alpha value is -1.13. The molecule has 3 nitrogen and oxygen atoms in total. The van der Waals surface area contributed by atoms with Crippen molar-refractivity contribution in [1.29, 1.82) is 0 Å². The molecule has 0 aromatic heterocycles. The Morgan fingerprint density at radius 3 is 2.69 bits per heavy atom. The Bertz CT molecular complexity index is 340. The number of rotatable bonds is 5. The maximum absolute atomic E-state index is 13.4. The Balaban J connectivity index is 2.75. The number of hydrogen-bond donors (Lipinski definition) is 1. The molecule has 0 saturated heterocycles. The van der Waals surface area contributed by atoms with Gasteiger partial charge < -0.3 is 14.7 Å². The highest BCUT2D eigenvalue weighted by Gasteiger charge is 2.14. The third-order valence-electron chi connectivity index (χ3n) is 2.23. The third kappa shape index (κ3) is 3.47. The van der Waals surface area contributed by atoms with Crippen LogP contribution in [0.15, 0.2) is 18.2 Å². The molecule has 0 aliphatic rings. The van der Waals surface area contributed by atoms with E-state index in [1.54, 1.807) is 12.1 Å². The van der Waals surface area contributed by atoms with E-state index in [0.717, 1.165) is 6.54 Å². The van der Waals surface area contributed by atoms with Crippen molar-refractivity contribution < 1.29 is 14.2 Å². The van der Waals surface area contributed by atoms with Crippen molar-refractivity contribution >= 4 is 0 Å². The van der Waals surface area contributed by atoms with E-state index in [0.29, 0.717) is 12.4 Å². The van der Waals surface area contributed by atoms with Crippen LogP contribution < -0.4 is 4.74 Å². The summed E-state index contributed by atoms with van der Waals surface area (Å²) < 4.78 is 18.9. The molecule has 1 aromatic carbocycles. The summed E-state index contributed by atoms with van der Waals surface area (Å²) in [6.07, 6.45) is -0.865. The molecule has 16 heavy (non-hydrogen) atoms. The lowest BCUT2D eigenvalue weighted by atomic mass is 10.1. The second-order valence-electron chi connectivity index (χ2n) is 3.98. The van der Waals surface area contributed by atoms with E-state index in [1.807, 2.05) is 19.0 Å². The number of likely N-dealkylation sites (N-methyl/N-ethyl adjacent to an activating group) is 1. The lowest BCUT2D eigenvalue weighted by Crippen LogP contribution is -2.20. The molecule has 1 atom stereocenters. The first-order chi connectivity index (χ1) is 7.52. The minimum Gasteiger partial charge on any atom is -0.492 e. The van der Waals surface area contributed by atoms with Gasteiger partial charge in [-0.1, -0.05) is 6.07 Å². The highest BCUT2D eigenvalue weighted by atomic mass is 19.1. The predicted octanol–water partition coefficient (Wildman–Crippen LogP) is 1.82. The van der Waals surface area contributed by atoms with E-state index in [-0.39, 0.29) is 5.56 Å². The summed E-state index contributed by atoms with van der Waals surface area (Å²) >= 11 is 0. The van der Waals surface area contributed by atoms with Crippen LogP contribution in [0.3, 0.4) is 0 Å². The highest BCUT2D eigenvalue weighted by molar-refractivity contribution is 5.36. The lowest BCUT2D eigenvalue weighted by Gasteiger charge is -2.15. The summed E-state index contributed by atoms with van der Waals surface area (Å²) in [5, 5.41) is 9.46. The van der Waals surface area contributed by atoms with Gasteiger partial charge in [0.1, 0.15) is 18.2 Å². The molecule has 1 rings (SSSR count). The van der Waals surface area contributed by atoms with Crippen LogP contribution in [0.25, 0.3) is 0 Å². The fourth-order valence-corrected chi connectivity index (χ4v) is 1.39. The minimum absolute atomic E-state index is 0.223. The molecule has 1 N–H and O–H groups in total. The van der Waals surface area contributed by atoms with E-state index in [9.17, 15) is 9.50 Å². The van der Waals surface area contributed by atoms with Crippen LogP contribution >= 0.6 is 0 Å². The number of aliphatic hydroxyl groups excluding tert-OH is 1. The molecule has 0 fully saturated rings. The Labute approximate surface area is 95.5 Å². The maximum Gasteiger partial charge on any atom is 0.132 e. The SMILES string of the molecule is CC(O)c1c(F)cccc1OCCN(C)C. The summed E-state index contributed by atoms with van der Waals surface area (Å²) in [4.78, 5) is 1.97. The van der Waals surface area contributed by atoms with Gasteiger partial charge in [0.25, 0.3) is 0 Å². The normalized spacial score (nSPS) is 12.9. The van der Waals surface area contributed by atoms with Crippen LogP contribution in [-0.4, -0.2) is 37.3 Å². The van der Waals surface area contributed by atoms with Crippen molar-refractivity contribution in [3.63, 3.8) is 0 Å². The first kappa shape index (κ1) is 12.9. The molecule has 0 saturated carbocycles. The number of benzene rings is 1. The molecule has 0 aliphatic heterocycles. The molecule has 90 valence electrons. The lowest BCUT2D eigenvalue weighted by molar-refractivity contribution is 0.183. The van der Waals surface area contributed by atoms with Gasteiger partial charge in [0.15, 0.2) is 0 Å². The summed E-state index contributed by atoms with van der Waals surface area (Å²) in [6, 6.07) is 4.56. The number of halogens is 1. The minimum atomic E-state index is -0.865. The Morgan fingerprint density at radius 2 is 2.12 bits per heavy atom. The average Bonchev–Trinajstić information content (AvgIpc) is 2.16. The van der Waals surface area contributed by atoms with E-state index in [1.165, 1.54) is 13.0 Å². The largest absolute Gasteiger partial charge is 0.492 e. The molecule has 1 unspecified atom stereocenters. The van der Waals surface area contributed by atoms with E-state index in [2.05, 4.69) is 0 Å². The number of ether oxygens (including phenoxy) is 1. The molecular weight excluding hydrogens is 209 g/mol. The van der Waals surface area contributed by atoms with Gasteiger partial charge in [-0.2, -0.15) is 0 Å². The maximum atomic E-state index is 13.4. The van der Waals surface area contributed by atoms with Crippen molar-refractivity contribution in [2.75, 3.05) is 27.2 Å². The monoisotopic (exact) mass is 227 g/mol. The van der Waals surface area contributed by atoms with Gasteiger partial charge in [-0.3, -0.25) is 0 Å². The fraction of sp³-hybridized carbons (Fsp3) is 0.500. The zero-order valence-electron chi connectivity index (χ0n) is 9.90. The number of hydrogen-bond acceptors (Lipinski definition) is 3. The summed E-state index contributed by atoms with van der Waals surface area (Å²) in [5.41, 5.74) is 0.223.